The highest BCUT2D eigenvalue weighted by molar-refractivity contribution is 5.19. The molecule has 1 aliphatic rings. The minimum absolute atomic E-state index is 1.20. The highest BCUT2D eigenvalue weighted by atomic mass is 13.9. The summed E-state index contributed by atoms with van der Waals surface area (Å²) < 4.78 is 0. The van der Waals surface area contributed by atoms with Gasteiger partial charge < -0.3 is 0 Å². The van der Waals surface area contributed by atoms with Gasteiger partial charge >= 0.3 is 0 Å². The van der Waals surface area contributed by atoms with Gasteiger partial charge in [-0.25, -0.2) is 0 Å². The van der Waals surface area contributed by atoms with E-state index < -0.39 is 0 Å². The quantitative estimate of drug-likeness (QED) is 0.511. The summed E-state index contributed by atoms with van der Waals surface area (Å²) in [4.78, 5) is 0. The lowest BCUT2D eigenvalue weighted by Gasteiger charge is -1.96. The first-order valence-corrected chi connectivity index (χ1v) is 6.98. The van der Waals surface area contributed by atoms with E-state index in [0.29, 0.717) is 0 Å². The molecule has 0 aromatic carbocycles. The van der Waals surface area contributed by atoms with E-state index in [0.717, 1.165) is 0 Å². The molecule has 0 radical (unpaired) electrons. The fraction of sp³-hybridized carbons (Fsp3) is 0.333. The molecule has 0 heteroatoms. The number of hydrogen-bond donors (Lipinski definition) is 0. The summed E-state index contributed by atoms with van der Waals surface area (Å²) in [6, 6.07) is 0. The lowest BCUT2D eigenvalue weighted by atomic mass is 10.1. The van der Waals surface area contributed by atoms with Crippen molar-refractivity contribution in [2.75, 3.05) is 0 Å². The first kappa shape index (κ1) is 14.5. The fourth-order valence-corrected chi connectivity index (χ4v) is 1.74. The van der Waals surface area contributed by atoms with Gasteiger partial charge in [0.1, 0.15) is 0 Å². The first-order chi connectivity index (χ1) is 9.00. The summed E-state index contributed by atoms with van der Waals surface area (Å²) in [5.74, 6) is 0. The summed E-state index contributed by atoms with van der Waals surface area (Å²) in [7, 11) is 0. The molecule has 0 spiro atoms. The Bertz CT molecular complexity index is 312. The SMILES string of the molecule is C1=CCCCCCC\C=C/C=C/C=C/C=C\C=C\1. The van der Waals surface area contributed by atoms with Crippen LogP contribution in [0.25, 0.3) is 0 Å². The Balaban J connectivity index is 2.42. The normalized spacial score (nSPS) is 27.6. The van der Waals surface area contributed by atoms with Crippen molar-refractivity contribution >= 4 is 0 Å². The van der Waals surface area contributed by atoms with Crippen LogP contribution in [0.15, 0.2) is 72.9 Å². The van der Waals surface area contributed by atoms with E-state index in [-0.39, 0.29) is 0 Å². The molecule has 1 aliphatic carbocycles. The predicted octanol–water partition coefficient (Wildman–Crippen LogP) is 5.68. The number of allylic oxidation sites excluding steroid dienone is 12. The second-order valence-corrected chi connectivity index (χ2v) is 4.39. The highest BCUT2D eigenvalue weighted by Crippen LogP contribution is 2.06. The lowest BCUT2D eigenvalue weighted by molar-refractivity contribution is 0.652. The summed E-state index contributed by atoms with van der Waals surface area (Å²) in [6.45, 7) is 0. The standard InChI is InChI=1S/C18H24/c1-2-4-6-8-10-12-14-16-18-17-15-13-11-9-7-5-3-1/h1-12H,13-18H2/b3-1-,4-2+,7-5+,8-6+,11-9?,12-10-. The van der Waals surface area contributed by atoms with Gasteiger partial charge in [0.05, 0.1) is 0 Å². The van der Waals surface area contributed by atoms with Crippen LogP contribution in [0.2, 0.25) is 0 Å². The van der Waals surface area contributed by atoms with E-state index >= 15 is 0 Å². The summed E-state index contributed by atoms with van der Waals surface area (Å²) in [5, 5.41) is 0. The van der Waals surface area contributed by atoms with Crippen LogP contribution in [0.5, 0.6) is 0 Å². The van der Waals surface area contributed by atoms with Gasteiger partial charge in [-0.1, -0.05) is 85.8 Å². The highest BCUT2D eigenvalue weighted by Gasteiger charge is 1.86. The molecule has 0 bridgehead atoms. The van der Waals surface area contributed by atoms with Gasteiger partial charge in [0.15, 0.2) is 0 Å². The molecule has 18 heavy (non-hydrogen) atoms. The molecule has 0 unspecified atom stereocenters. The Kier molecular flexibility index (Phi) is 9.60. The molecule has 0 aromatic rings. The van der Waals surface area contributed by atoms with Crippen LogP contribution in [0.4, 0.5) is 0 Å². The topological polar surface area (TPSA) is 0 Å². The minimum atomic E-state index is 1.20. The monoisotopic (exact) mass is 240 g/mol. The average Bonchev–Trinajstić information content (AvgIpc) is 2.39. The maximum atomic E-state index is 2.26. The van der Waals surface area contributed by atoms with Crippen molar-refractivity contribution in [3.8, 4) is 0 Å². The van der Waals surface area contributed by atoms with Crippen molar-refractivity contribution in [1.82, 2.24) is 0 Å². The molecular weight excluding hydrogens is 216 g/mol. The average molecular weight is 240 g/mol. The third-order valence-electron chi connectivity index (χ3n) is 2.76. The number of rotatable bonds is 0. The largest absolute Gasteiger partial charge is 0.0845 e. The van der Waals surface area contributed by atoms with Crippen molar-refractivity contribution in [1.29, 1.82) is 0 Å². The number of hydrogen-bond acceptors (Lipinski definition) is 0. The zero-order valence-electron chi connectivity index (χ0n) is 11.2. The van der Waals surface area contributed by atoms with Crippen LogP contribution in [-0.2, 0) is 0 Å². The van der Waals surface area contributed by atoms with Gasteiger partial charge in [-0.05, 0) is 25.7 Å². The van der Waals surface area contributed by atoms with Gasteiger partial charge in [0, 0.05) is 0 Å². The Morgan fingerprint density at radius 1 is 0.333 bits per heavy atom. The molecule has 0 aliphatic heterocycles. The van der Waals surface area contributed by atoms with Gasteiger partial charge in [-0.3, -0.25) is 0 Å². The molecule has 0 saturated carbocycles. The van der Waals surface area contributed by atoms with Crippen molar-refractivity contribution in [3.63, 3.8) is 0 Å². The van der Waals surface area contributed by atoms with E-state index in [1.54, 1.807) is 0 Å². The summed E-state index contributed by atoms with van der Waals surface area (Å²) in [6.07, 6.45) is 33.0. The molecular formula is C18H24. The molecule has 0 amide bonds. The second-order valence-electron chi connectivity index (χ2n) is 4.39. The summed E-state index contributed by atoms with van der Waals surface area (Å²) in [5.41, 5.74) is 0. The van der Waals surface area contributed by atoms with Crippen LogP contribution >= 0.6 is 0 Å². The Morgan fingerprint density at radius 3 is 1.06 bits per heavy atom. The predicted molar refractivity (Wildman–Crippen MR) is 82.5 cm³/mol. The Morgan fingerprint density at radius 2 is 0.667 bits per heavy atom. The fourth-order valence-electron chi connectivity index (χ4n) is 1.74. The van der Waals surface area contributed by atoms with Gasteiger partial charge in [-0.15, -0.1) is 0 Å². The summed E-state index contributed by atoms with van der Waals surface area (Å²) >= 11 is 0. The van der Waals surface area contributed by atoms with Gasteiger partial charge in [-0.2, -0.15) is 0 Å². The third kappa shape index (κ3) is 9.65. The van der Waals surface area contributed by atoms with E-state index in [4.69, 9.17) is 0 Å². The van der Waals surface area contributed by atoms with Crippen LogP contribution in [0, 0.1) is 0 Å². The minimum Gasteiger partial charge on any atom is -0.0845 e. The molecule has 0 atom stereocenters. The van der Waals surface area contributed by atoms with Crippen LogP contribution in [-0.4, -0.2) is 0 Å². The van der Waals surface area contributed by atoms with E-state index in [1.165, 1.54) is 38.5 Å². The van der Waals surface area contributed by atoms with Crippen LogP contribution < -0.4 is 0 Å². The van der Waals surface area contributed by atoms with Crippen molar-refractivity contribution in [2.24, 2.45) is 0 Å². The van der Waals surface area contributed by atoms with E-state index in [9.17, 15) is 0 Å². The zero-order chi connectivity index (χ0) is 12.7. The molecule has 0 heterocycles. The maximum absolute atomic E-state index is 2.26. The van der Waals surface area contributed by atoms with Crippen LogP contribution in [0.1, 0.15) is 38.5 Å². The van der Waals surface area contributed by atoms with E-state index in [2.05, 4.69) is 48.6 Å². The molecule has 96 valence electrons. The smallest absolute Gasteiger partial charge is 0.0348 e. The van der Waals surface area contributed by atoms with Crippen molar-refractivity contribution < 1.29 is 0 Å². The van der Waals surface area contributed by atoms with E-state index in [1.807, 2.05) is 24.3 Å². The second kappa shape index (κ2) is 11.9. The molecule has 0 nitrogen and oxygen atoms in total. The molecule has 0 saturated heterocycles. The van der Waals surface area contributed by atoms with Crippen molar-refractivity contribution in [3.05, 3.63) is 72.9 Å². The zero-order valence-corrected chi connectivity index (χ0v) is 11.2. The molecule has 1 rings (SSSR count). The van der Waals surface area contributed by atoms with Crippen molar-refractivity contribution in [2.45, 2.75) is 38.5 Å². The Hall–Kier alpha value is -1.56. The van der Waals surface area contributed by atoms with Gasteiger partial charge in [0.2, 0.25) is 0 Å². The lowest BCUT2D eigenvalue weighted by Crippen LogP contribution is -1.76. The molecule has 0 fully saturated rings. The van der Waals surface area contributed by atoms with Gasteiger partial charge in [0.25, 0.3) is 0 Å². The van der Waals surface area contributed by atoms with Crippen LogP contribution in [0.3, 0.4) is 0 Å². The maximum Gasteiger partial charge on any atom is -0.0348 e. The third-order valence-corrected chi connectivity index (χ3v) is 2.76. The first-order valence-electron chi connectivity index (χ1n) is 6.98. The Labute approximate surface area is 112 Å². The molecule has 0 aromatic heterocycles. The molecule has 0 N–H and O–H groups in total.